The van der Waals surface area contributed by atoms with Gasteiger partial charge in [0.05, 0.1) is 4.34 Å². The number of rotatable bonds is 2. The molecule has 1 nitrogen and oxygen atoms in total. The Morgan fingerprint density at radius 3 is 2.40 bits per heavy atom. The van der Waals surface area contributed by atoms with Crippen LogP contribution in [0, 0.1) is 0 Å². The van der Waals surface area contributed by atoms with E-state index in [-0.39, 0.29) is 0 Å². The first-order valence-corrected chi connectivity index (χ1v) is 5.93. The minimum atomic E-state index is -0.698. The molecule has 1 atom stereocenters. The van der Waals surface area contributed by atoms with E-state index in [2.05, 4.69) is 0 Å². The van der Waals surface area contributed by atoms with Crippen LogP contribution in [-0.2, 0) is 0 Å². The standard InChI is InChI=1S/C11H8Cl2OS/c12-8-4-2-1-3-7(8)11(14)9-5-6-10(13)15-9/h1-6,11,14H. The summed E-state index contributed by atoms with van der Waals surface area (Å²) < 4.78 is 0.663. The van der Waals surface area contributed by atoms with Crippen LogP contribution in [0.15, 0.2) is 36.4 Å². The van der Waals surface area contributed by atoms with Crippen LogP contribution >= 0.6 is 34.5 Å². The summed E-state index contributed by atoms with van der Waals surface area (Å²) in [5.41, 5.74) is 0.706. The quantitative estimate of drug-likeness (QED) is 0.859. The Hall–Kier alpha value is -0.540. The lowest BCUT2D eigenvalue weighted by Gasteiger charge is -2.10. The number of thiophene rings is 1. The topological polar surface area (TPSA) is 20.2 Å². The monoisotopic (exact) mass is 258 g/mol. The molecule has 0 aliphatic heterocycles. The zero-order valence-corrected chi connectivity index (χ0v) is 9.98. The van der Waals surface area contributed by atoms with Crippen LogP contribution in [0.2, 0.25) is 9.36 Å². The molecule has 2 rings (SSSR count). The van der Waals surface area contributed by atoms with Crippen molar-refractivity contribution in [3.8, 4) is 0 Å². The first-order chi connectivity index (χ1) is 7.18. The van der Waals surface area contributed by atoms with Gasteiger partial charge in [-0.25, -0.2) is 0 Å². The molecule has 4 heteroatoms. The molecule has 0 aliphatic carbocycles. The van der Waals surface area contributed by atoms with E-state index >= 15 is 0 Å². The number of aliphatic hydroxyl groups is 1. The number of aliphatic hydroxyl groups excluding tert-OH is 1. The molecule has 15 heavy (non-hydrogen) atoms. The van der Waals surface area contributed by atoms with E-state index < -0.39 is 6.10 Å². The molecule has 1 aromatic carbocycles. The highest BCUT2D eigenvalue weighted by molar-refractivity contribution is 7.16. The van der Waals surface area contributed by atoms with Gasteiger partial charge in [0.1, 0.15) is 6.10 Å². The summed E-state index contributed by atoms with van der Waals surface area (Å²) >= 11 is 13.1. The molecule has 1 N–H and O–H groups in total. The predicted molar refractivity (Wildman–Crippen MR) is 64.8 cm³/mol. The highest BCUT2D eigenvalue weighted by atomic mass is 35.5. The van der Waals surface area contributed by atoms with Crippen LogP contribution in [0.3, 0.4) is 0 Å². The highest BCUT2D eigenvalue weighted by Crippen LogP contribution is 2.33. The lowest BCUT2D eigenvalue weighted by Crippen LogP contribution is -1.97. The lowest BCUT2D eigenvalue weighted by atomic mass is 10.1. The maximum absolute atomic E-state index is 10.1. The molecule has 0 aliphatic rings. The van der Waals surface area contributed by atoms with E-state index in [1.807, 2.05) is 12.1 Å². The van der Waals surface area contributed by atoms with Crippen molar-refractivity contribution in [2.24, 2.45) is 0 Å². The van der Waals surface area contributed by atoms with Crippen molar-refractivity contribution in [2.45, 2.75) is 6.10 Å². The maximum Gasteiger partial charge on any atom is 0.115 e. The Labute approximate surface area is 102 Å². The second-order valence-corrected chi connectivity index (χ2v) is 5.22. The van der Waals surface area contributed by atoms with E-state index in [1.54, 1.807) is 24.3 Å². The molecular formula is C11H8Cl2OS. The fourth-order valence-electron chi connectivity index (χ4n) is 1.33. The van der Waals surface area contributed by atoms with Gasteiger partial charge in [0.2, 0.25) is 0 Å². The SMILES string of the molecule is OC(c1ccc(Cl)s1)c1ccccc1Cl. The average molecular weight is 259 g/mol. The van der Waals surface area contributed by atoms with Gasteiger partial charge >= 0.3 is 0 Å². The van der Waals surface area contributed by atoms with Crippen LogP contribution in [0.25, 0.3) is 0 Å². The minimum Gasteiger partial charge on any atom is -0.383 e. The molecule has 0 fully saturated rings. The third-order valence-electron chi connectivity index (χ3n) is 2.06. The predicted octanol–water partition coefficient (Wildman–Crippen LogP) is 4.14. The Bertz CT molecular complexity index is 467. The maximum atomic E-state index is 10.1. The van der Waals surface area contributed by atoms with Crippen molar-refractivity contribution in [1.29, 1.82) is 0 Å². The number of halogens is 2. The second kappa shape index (κ2) is 4.54. The van der Waals surface area contributed by atoms with Crippen LogP contribution in [0.1, 0.15) is 16.5 Å². The zero-order chi connectivity index (χ0) is 10.8. The summed E-state index contributed by atoms with van der Waals surface area (Å²) in [6.07, 6.45) is -0.698. The van der Waals surface area contributed by atoms with Crippen LogP contribution in [0.4, 0.5) is 0 Å². The van der Waals surface area contributed by atoms with E-state index in [4.69, 9.17) is 23.2 Å². The molecule has 1 unspecified atom stereocenters. The third kappa shape index (κ3) is 2.34. The van der Waals surface area contributed by atoms with Gasteiger partial charge in [-0.2, -0.15) is 0 Å². The smallest absolute Gasteiger partial charge is 0.115 e. The Balaban J connectivity index is 2.36. The average Bonchev–Trinajstić information content (AvgIpc) is 2.65. The summed E-state index contributed by atoms with van der Waals surface area (Å²) in [5.74, 6) is 0. The van der Waals surface area contributed by atoms with Gasteiger partial charge in [-0.3, -0.25) is 0 Å². The van der Waals surface area contributed by atoms with E-state index in [9.17, 15) is 5.11 Å². The fraction of sp³-hybridized carbons (Fsp3) is 0.0909. The van der Waals surface area contributed by atoms with E-state index in [0.717, 1.165) is 4.88 Å². The molecule has 0 radical (unpaired) electrons. The lowest BCUT2D eigenvalue weighted by molar-refractivity contribution is 0.224. The molecule has 0 bridgehead atoms. The molecule has 2 aromatic rings. The largest absolute Gasteiger partial charge is 0.383 e. The first-order valence-electron chi connectivity index (χ1n) is 4.36. The van der Waals surface area contributed by atoms with Crippen LogP contribution < -0.4 is 0 Å². The third-order valence-corrected chi connectivity index (χ3v) is 3.69. The molecule has 0 amide bonds. The summed E-state index contributed by atoms with van der Waals surface area (Å²) in [6, 6.07) is 10.8. The van der Waals surface area contributed by atoms with Crippen molar-refractivity contribution >= 4 is 34.5 Å². The normalized spacial score (nSPS) is 12.7. The number of hydrogen-bond donors (Lipinski definition) is 1. The summed E-state index contributed by atoms with van der Waals surface area (Å²) in [7, 11) is 0. The molecule has 1 aromatic heterocycles. The van der Waals surface area contributed by atoms with Crippen molar-refractivity contribution in [2.75, 3.05) is 0 Å². The van der Waals surface area contributed by atoms with Gasteiger partial charge in [-0.05, 0) is 18.2 Å². The zero-order valence-electron chi connectivity index (χ0n) is 7.65. The Kier molecular flexibility index (Phi) is 3.32. The van der Waals surface area contributed by atoms with Crippen LogP contribution in [0.5, 0.6) is 0 Å². The highest BCUT2D eigenvalue weighted by Gasteiger charge is 2.14. The molecule has 1 heterocycles. The van der Waals surface area contributed by atoms with Gasteiger partial charge in [0, 0.05) is 15.5 Å². The van der Waals surface area contributed by atoms with Crippen molar-refractivity contribution in [3.05, 3.63) is 56.2 Å². The summed E-state index contributed by atoms with van der Waals surface area (Å²) in [6.45, 7) is 0. The number of benzene rings is 1. The Morgan fingerprint density at radius 2 is 1.80 bits per heavy atom. The molecular weight excluding hydrogens is 251 g/mol. The van der Waals surface area contributed by atoms with Gasteiger partial charge in [0.15, 0.2) is 0 Å². The minimum absolute atomic E-state index is 0.564. The second-order valence-electron chi connectivity index (χ2n) is 3.07. The Morgan fingerprint density at radius 1 is 1.07 bits per heavy atom. The van der Waals surface area contributed by atoms with Gasteiger partial charge < -0.3 is 5.11 Å². The molecule has 0 spiro atoms. The fourth-order valence-corrected chi connectivity index (χ4v) is 2.63. The van der Waals surface area contributed by atoms with Gasteiger partial charge in [-0.1, -0.05) is 41.4 Å². The summed E-state index contributed by atoms with van der Waals surface area (Å²) in [4.78, 5) is 0.799. The molecule has 0 saturated heterocycles. The first kappa shape index (κ1) is 11.0. The van der Waals surface area contributed by atoms with Crippen molar-refractivity contribution in [1.82, 2.24) is 0 Å². The van der Waals surface area contributed by atoms with Gasteiger partial charge in [0.25, 0.3) is 0 Å². The molecule has 0 saturated carbocycles. The van der Waals surface area contributed by atoms with Crippen LogP contribution in [-0.4, -0.2) is 5.11 Å². The number of hydrogen-bond acceptors (Lipinski definition) is 2. The van der Waals surface area contributed by atoms with E-state index in [0.29, 0.717) is 14.9 Å². The van der Waals surface area contributed by atoms with Crippen molar-refractivity contribution < 1.29 is 5.11 Å². The van der Waals surface area contributed by atoms with Crippen molar-refractivity contribution in [3.63, 3.8) is 0 Å². The molecule has 78 valence electrons. The van der Waals surface area contributed by atoms with E-state index in [1.165, 1.54) is 11.3 Å². The summed E-state index contributed by atoms with van der Waals surface area (Å²) in [5, 5.41) is 10.6. The van der Waals surface area contributed by atoms with Gasteiger partial charge in [-0.15, -0.1) is 11.3 Å².